The van der Waals surface area contributed by atoms with E-state index >= 15 is 0 Å². The highest BCUT2D eigenvalue weighted by Gasteiger charge is 2.27. The van der Waals surface area contributed by atoms with Gasteiger partial charge in [-0.3, -0.25) is 0 Å². The Hall–Kier alpha value is -2.50. The average molecular weight is 330 g/mol. The molecule has 2 aliphatic heterocycles. The summed E-state index contributed by atoms with van der Waals surface area (Å²) in [7, 11) is 0. The van der Waals surface area contributed by atoms with Gasteiger partial charge in [-0.2, -0.15) is 0 Å². The first-order valence-electron chi connectivity index (χ1n) is 8.32. The molecule has 0 saturated carbocycles. The number of urea groups is 1. The third-order valence-electron chi connectivity index (χ3n) is 4.45. The average Bonchev–Trinajstić information content (AvgIpc) is 2.63. The number of likely N-dealkylation sites (tertiary alicyclic amines) is 1. The molecule has 128 valence electrons. The SMILES string of the molecule is O=C(O)c1ccc(OC2CCN(C(=O)N3CC=CCC3)CC2)cc1. The number of carboxylic acids is 1. The number of amides is 2. The first-order chi connectivity index (χ1) is 11.6. The lowest BCUT2D eigenvalue weighted by Crippen LogP contribution is -2.49. The third-order valence-corrected chi connectivity index (χ3v) is 4.45. The molecule has 0 aromatic heterocycles. The Kier molecular flexibility index (Phi) is 5.03. The van der Waals surface area contributed by atoms with Crippen LogP contribution in [-0.4, -0.2) is 59.2 Å². The van der Waals surface area contributed by atoms with Crippen molar-refractivity contribution in [3.63, 3.8) is 0 Å². The van der Waals surface area contributed by atoms with Gasteiger partial charge in [0.25, 0.3) is 0 Å². The predicted molar refractivity (Wildman–Crippen MR) is 89.4 cm³/mol. The second-order valence-electron chi connectivity index (χ2n) is 6.12. The van der Waals surface area contributed by atoms with Crippen molar-refractivity contribution in [3.8, 4) is 5.75 Å². The van der Waals surface area contributed by atoms with Gasteiger partial charge in [0.2, 0.25) is 0 Å². The first-order valence-corrected chi connectivity index (χ1v) is 8.32. The minimum Gasteiger partial charge on any atom is -0.490 e. The van der Waals surface area contributed by atoms with Crippen LogP contribution < -0.4 is 4.74 Å². The maximum atomic E-state index is 12.4. The zero-order valence-corrected chi connectivity index (χ0v) is 13.6. The van der Waals surface area contributed by atoms with E-state index in [9.17, 15) is 9.59 Å². The summed E-state index contributed by atoms with van der Waals surface area (Å²) in [4.78, 5) is 27.1. The number of ether oxygens (including phenoxy) is 1. The molecule has 2 aliphatic rings. The number of piperidine rings is 1. The smallest absolute Gasteiger partial charge is 0.335 e. The molecule has 0 aliphatic carbocycles. The van der Waals surface area contributed by atoms with Gasteiger partial charge in [0, 0.05) is 39.0 Å². The van der Waals surface area contributed by atoms with E-state index in [4.69, 9.17) is 9.84 Å². The van der Waals surface area contributed by atoms with Crippen LogP contribution in [0.5, 0.6) is 5.75 Å². The molecule has 3 rings (SSSR count). The van der Waals surface area contributed by atoms with Crippen molar-refractivity contribution < 1.29 is 19.4 Å². The fraction of sp³-hybridized carbons (Fsp3) is 0.444. The molecule has 0 unspecified atom stereocenters. The molecule has 0 bridgehead atoms. The van der Waals surface area contributed by atoms with Gasteiger partial charge in [-0.15, -0.1) is 0 Å². The molecule has 1 saturated heterocycles. The second kappa shape index (κ2) is 7.38. The van der Waals surface area contributed by atoms with Crippen LogP contribution in [0.3, 0.4) is 0 Å². The van der Waals surface area contributed by atoms with Crippen LogP contribution in [0.25, 0.3) is 0 Å². The first kappa shape index (κ1) is 16.4. The number of hydrogen-bond donors (Lipinski definition) is 1. The van der Waals surface area contributed by atoms with E-state index < -0.39 is 5.97 Å². The van der Waals surface area contributed by atoms with E-state index in [1.165, 1.54) is 0 Å². The molecular weight excluding hydrogens is 308 g/mol. The highest BCUT2D eigenvalue weighted by molar-refractivity contribution is 5.87. The Morgan fingerprint density at radius 1 is 1.00 bits per heavy atom. The zero-order chi connectivity index (χ0) is 16.9. The van der Waals surface area contributed by atoms with Gasteiger partial charge in [0.15, 0.2) is 0 Å². The number of rotatable bonds is 3. The molecule has 6 nitrogen and oxygen atoms in total. The molecule has 24 heavy (non-hydrogen) atoms. The van der Waals surface area contributed by atoms with Crippen molar-refractivity contribution in [1.29, 1.82) is 0 Å². The van der Waals surface area contributed by atoms with E-state index in [0.29, 0.717) is 25.4 Å². The normalized spacial score (nSPS) is 18.5. The summed E-state index contributed by atoms with van der Waals surface area (Å²) >= 11 is 0. The number of hydrogen-bond acceptors (Lipinski definition) is 3. The van der Waals surface area contributed by atoms with Crippen LogP contribution in [0.2, 0.25) is 0 Å². The Morgan fingerprint density at radius 2 is 1.71 bits per heavy atom. The zero-order valence-electron chi connectivity index (χ0n) is 13.6. The van der Waals surface area contributed by atoms with Crippen LogP contribution >= 0.6 is 0 Å². The van der Waals surface area contributed by atoms with Crippen molar-refractivity contribution in [2.24, 2.45) is 0 Å². The van der Waals surface area contributed by atoms with E-state index in [1.807, 2.05) is 15.9 Å². The van der Waals surface area contributed by atoms with Crippen molar-refractivity contribution in [2.75, 3.05) is 26.2 Å². The van der Waals surface area contributed by atoms with Crippen molar-refractivity contribution in [1.82, 2.24) is 9.80 Å². The van der Waals surface area contributed by atoms with E-state index in [1.54, 1.807) is 24.3 Å². The second-order valence-corrected chi connectivity index (χ2v) is 6.12. The number of carboxylic acid groups (broad SMARTS) is 1. The highest BCUT2D eigenvalue weighted by Crippen LogP contribution is 2.20. The van der Waals surface area contributed by atoms with Gasteiger partial charge >= 0.3 is 12.0 Å². The van der Waals surface area contributed by atoms with Crippen molar-refractivity contribution in [3.05, 3.63) is 42.0 Å². The van der Waals surface area contributed by atoms with Crippen LogP contribution in [0.1, 0.15) is 29.6 Å². The van der Waals surface area contributed by atoms with Gasteiger partial charge in [0.05, 0.1) is 5.56 Å². The number of carbonyl (C=O) groups excluding carboxylic acids is 1. The fourth-order valence-electron chi connectivity index (χ4n) is 3.05. The summed E-state index contributed by atoms with van der Waals surface area (Å²) in [6.45, 7) is 2.88. The molecule has 0 radical (unpaired) electrons. The summed E-state index contributed by atoms with van der Waals surface area (Å²) in [5.41, 5.74) is 0.248. The molecule has 1 N–H and O–H groups in total. The molecule has 1 aromatic rings. The standard InChI is InChI=1S/C18H22N2O4/c21-17(22)14-4-6-15(7-5-14)24-16-8-12-20(13-9-16)18(23)19-10-2-1-3-11-19/h1-2,4-7,16H,3,8-13H2,(H,21,22). The van der Waals surface area contributed by atoms with Crippen LogP contribution in [0.4, 0.5) is 4.79 Å². The van der Waals surface area contributed by atoms with E-state index in [0.717, 1.165) is 25.8 Å². The number of benzene rings is 1. The molecule has 6 heteroatoms. The molecule has 1 fully saturated rings. The third kappa shape index (κ3) is 3.88. The van der Waals surface area contributed by atoms with Gasteiger partial charge in [-0.1, -0.05) is 12.2 Å². The maximum Gasteiger partial charge on any atom is 0.335 e. The maximum absolute atomic E-state index is 12.4. The lowest BCUT2D eigenvalue weighted by Gasteiger charge is -2.36. The van der Waals surface area contributed by atoms with Crippen molar-refractivity contribution in [2.45, 2.75) is 25.4 Å². The topological polar surface area (TPSA) is 70.1 Å². The molecule has 1 aromatic carbocycles. The van der Waals surface area contributed by atoms with Gasteiger partial charge in [-0.25, -0.2) is 9.59 Å². The molecule has 0 spiro atoms. The Bertz CT molecular complexity index is 618. The molecule has 2 amide bonds. The van der Waals surface area contributed by atoms with Crippen LogP contribution in [0.15, 0.2) is 36.4 Å². The molecule has 0 atom stereocenters. The van der Waals surface area contributed by atoms with Gasteiger partial charge in [-0.05, 0) is 30.7 Å². The largest absolute Gasteiger partial charge is 0.490 e. The molecular formula is C18H22N2O4. The number of carbonyl (C=O) groups is 2. The summed E-state index contributed by atoms with van der Waals surface area (Å²) < 4.78 is 5.91. The van der Waals surface area contributed by atoms with Gasteiger partial charge in [0.1, 0.15) is 11.9 Å². The monoisotopic (exact) mass is 330 g/mol. The van der Waals surface area contributed by atoms with Gasteiger partial charge < -0.3 is 19.6 Å². The van der Waals surface area contributed by atoms with E-state index in [2.05, 4.69) is 6.08 Å². The minimum atomic E-state index is -0.944. The van der Waals surface area contributed by atoms with E-state index in [-0.39, 0.29) is 17.7 Å². The highest BCUT2D eigenvalue weighted by atomic mass is 16.5. The Morgan fingerprint density at radius 3 is 2.29 bits per heavy atom. The lowest BCUT2D eigenvalue weighted by molar-refractivity contribution is 0.0697. The summed E-state index contributed by atoms with van der Waals surface area (Å²) in [6.07, 6.45) is 6.72. The Labute approximate surface area is 141 Å². The lowest BCUT2D eigenvalue weighted by atomic mass is 10.1. The number of aromatic carboxylic acids is 1. The summed E-state index contributed by atoms with van der Waals surface area (Å²) in [5, 5.41) is 8.90. The van der Waals surface area contributed by atoms with Crippen LogP contribution in [0, 0.1) is 0 Å². The summed E-state index contributed by atoms with van der Waals surface area (Å²) in [6, 6.07) is 6.56. The summed E-state index contributed by atoms with van der Waals surface area (Å²) in [5.74, 6) is -0.271. The fourth-order valence-corrected chi connectivity index (χ4v) is 3.05. The molecule has 2 heterocycles. The Balaban J connectivity index is 1.49. The predicted octanol–water partition coefficient (Wildman–Crippen LogP) is 2.61. The van der Waals surface area contributed by atoms with Crippen LogP contribution in [-0.2, 0) is 0 Å². The van der Waals surface area contributed by atoms with Crippen molar-refractivity contribution >= 4 is 12.0 Å². The number of nitrogens with zero attached hydrogens (tertiary/aromatic N) is 2. The minimum absolute atomic E-state index is 0.0611. The quantitative estimate of drug-likeness (QED) is 0.865.